The summed E-state index contributed by atoms with van der Waals surface area (Å²) >= 11 is 0. The molecule has 0 aromatic heterocycles. The van der Waals surface area contributed by atoms with Gasteiger partial charge in [-0.2, -0.15) is 5.26 Å². The molecule has 0 aliphatic carbocycles. The maximum atomic E-state index is 12.4. The van der Waals surface area contributed by atoms with Crippen LogP contribution in [0.15, 0.2) is 24.3 Å². The summed E-state index contributed by atoms with van der Waals surface area (Å²) in [5.41, 5.74) is 0.987. The van der Waals surface area contributed by atoms with E-state index >= 15 is 0 Å². The van der Waals surface area contributed by atoms with Gasteiger partial charge in [-0.25, -0.2) is 0 Å². The Balaban J connectivity index is 1.98. The molecule has 1 aliphatic heterocycles. The maximum absolute atomic E-state index is 12.4. The third kappa shape index (κ3) is 3.98. The number of nitriles is 1. The van der Waals surface area contributed by atoms with E-state index in [4.69, 9.17) is 4.74 Å². The number of carbonyl (C=O) groups is 1. The second-order valence-electron chi connectivity index (χ2n) is 5.74. The van der Waals surface area contributed by atoms with Gasteiger partial charge in [-0.1, -0.05) is 19.1 Å². The third-order valence-electron chi connectivity index (χ3n) is 4.15. The highest BCUT2D eigenvalue weighted by Gasteiger charge is 2.27. The molecule has 21 heavy (non-hydrogen) atoms. The smallest absolute Gasteiger partial charge is 0.240 e. The molecule has 2 rings (SSSR count). The number of piperidine rings is 1. The quantitative estimate of drug-likeness (QED) is 0.855. The number of carbonyl (C=O) groups excluding carboxylic acids is 1. The molecule has 1 aromatic rings. The second kappa shape index (κ2) is 7.12. The molecule has 1 saturated heterocycles. The van der Waals surface area contributed by atoms with Crippen molar-refractivity contribution in [3.8, 4) is 11.8 Å². The van der Waals surface area contributed by atoms with Gasteiger partial charge in [0.15, 0.2) is 0 Å². The zero-order chi connectivity index (χ0) is 15.2. The summed E-state index contributed by atoms with van der Waals surface area (Å²) in [6.07, 6.45) is 2.53. The van der Waals surface area contributed by atoms with Crippen molar-refractivity contribution in [2.45, 2.75) is 26.2 Å². The Bertz CT molecular complexity index is 511. The Morgan fingerprint density at radius 2 is 2.00 bits per heavy atom. The van der Waals surface area contributed by atoms with Crippen LogP contribution in [0.4, 0.5) is 0 Å². The monoisotopic (exact) mass is 286 g/mol. The van der Waals surface area contributed by atoms with Crippen LogP contribution in [0.25, 0.3) is 0 Å². The van der Waals surface area contributed by atoms with Crippen LogP contribution in [0, 0.1) is 23.2 Å². The molecule has 1 atom stereocenters. The maximum Gasteiger partial charge on any atom is 0.240 e. The summed E-state index contributed by atoms with van der Waals surface area (Å²) in [7, 11) is 1.62. The normalized spacial score (nSPS) is 17.1. The first kappa shape index (κ1) is 15.4. The molecule has 1 aliphatic rings. The highest BCUT2D eigenvalue weighted by atomic mass is 16.5. The van der Waals surface area contributed by atoms with Crippen molar-refractivity contribution in [1.82, 2.24) is 4.90 Å². The molecule has 0 saturated carbocycles. The number of amides is 1. The van der Waals surface area contributed by atoms with Crippen LogP contribution in [-0.2, 0) is 11.2 Å². The SMILES string of the molecule is COc1ccc(CC(C#N)C(=O)N2CCC(C)CC2)cc1. The van der Waals surface area contributed by atoms with E-state index in [1.165, 1.54) is 0 Å². The molecule has 1 unspecified atom stereocenters. The van der Waals surface area contributed by atoms with Gasteiger partial charge in [-0.3, -0.25) is 4.79 Å². The Morgan fingerprint density at radius 1 is 1.38 bits per heavy atom. The van der Waals surface area contributed by atoms with E-state index in [-0.39, 0.29) is 5.91 Å². The van der Waals surface area contributed by atoms with E-state index in [2.05, 4.69) is 13.0 Å². The summed E-state index contributed by atoms with van der Waals surface area (Å²) in [6.45, 7) is 3.77. The van der Waals surface area contributed by atoms with E-state index in [1.807, 2.05) is 29.2 Å². The van der Waals surface area contributed by atoms with Crippen LogP contribution in [0.5, 0.6) is 5.75 Å². The van der Waals surface area contributed by atoms with Gasteiger partial charge < -0.3 is 9.64 Å². The highest BCUT2D eigenvalue weighted by molar-refractivity contribution is 5.81. The summed E-state index contributed by atoms with van der Waals surface area (Å²) in [4.78, 5) is 14.3. The molecule has 1 aromatic carbocycles. The van der Waals surface area contributed by atoms with Crippen molar-refractivity contribution < 1.29 is 9.53 Å². The largest absolute Gasteiger partial charge is 0.497 e. The van der Waals surface area contributed by atoms with E-state index < -0.39 is 5.92 Å². The lowest BCUT2D eigenvalue weighted by Crippen LogP contribution is -2.41. The molecule has 0 N–H and O–H groups in total. The van der Waals surface area contributed by atoms with Crippen LogP contribution in [0.1, 0.15) is 25.3 Å². The number of benzene rings is 1. The van der Waals surface area contributed by atoms with Gasteiger partial charge in [0.2, 0.25) is 5.91 Å². The minimum absolute atomic E-state index is 0.0276. The molecule has 0 bridgehead atoms. The summed E-state index contributed by atoms with van der Waals surface area (Å²) in [5.74, 6) is 0.840. The standard InChI is InChI=1S/C17H22N2O2/c1-13-7-9-19(10-8-13)17(20)15(12-18)11-14-3-5-16(21-2)6-4-14/h3-6,13,15H,7-11H2,1-2H3. The fourth-order valence-corrected chi connectivity index (χ4v) is 2.63. The molecular weight excluding hydrogens is 264 g/mol. The molecule has 0 spiro atoms. The molecule has 4 heteroatoms. The Morgan fingerprint density at radius 3 is 2.52 bits per heavy atom. The van der Waals surface area contributed by atoms with Crippen LogP contribution in [-0.4, -0.2) is 31.0 Å². The van der Waals surface area contributed by atoms with E-state index in [0.29, 0.717) is 12.3 Å². The minimum atomic E-state index is -0.591. The van der Waals surface area contributed by atoms with Crippen molar-refractivity contribution in [1.29, 1.82) is 5.26 Å². The number of likely N-dealkylation sites (tertiary alicyclic amines) is 1. The van der Waals surface area contributed by atoms with Crippen molar-refractivity contribution in [3.05, 3.63) is 29.8 Å². The Labute approximate surface area is 126 Å². The second-order valence-corrected chi connectivity index (χ2v) is 5.74. The fraction of sp³-hybridized carbons (Fsp3) is 0.529. The van der Waals surface area contributed by atoms with Crippen LogP contribution in [0.3, 0.4) is 0 Å². The number of rotatable bonds is 4. The molecular formula is C17H22N2O2. The number of hydrogen-bond acceptors (Lipinski definition) is 3. The van der Waals surface area contributed by atoms with Gasteiger partial charge in [0.25, 0.3) is 0 Å². The minimum Gasteiger partial charge on any atom is -0.497 e. The lowest BCUT2D eigenvalue weighted by atomic mass is 9.95. The first-order valence-corrected chi connectivity index (χ1v) is 7.45. The Kier molecular flexibility index (Phi) is 5.21. The zero-order valence-electron chi connectivity index (χ0n) is 12.7. The molecule has 1 heterocycles. The molecule has 1 fully saturated rings. The topological polar surface area (TPSA) is 53.3 Å². The number of ether oxygens (including phenoxy) is 1. The lowest BCUT2D eigenvalue weighted by molar-refractivity contribution is -0.135. The summed E-state index contributed by atoms with van der Waals surface area (Å²) in [6, 6.07) is 9.70. The average Bonchev–Trinajstić information content (AvgIpc) is 2.53. The van der Waals surface area contributed by atoms with Gasteiger partial charge in [-0.15, -0.1) is 0 Å². The van der Waals surface area contributed by atoms with Crippen molar-refractivity contribution in [2.75, 3.05) is 20.2 Å². The first-order chi connectivity index (χ1) is 10.1. The number of nitrogens with zero attached hydrogens (tertiary/aromatic N) is 2. The highest BCUT2D eigenvalue weighted by Crippen LogP contribution is 2.20. The van der Waals surface area contributed by atoms with Crippen molar-refractivity contribution in [3.63, 3.8) is 0 Å². The van der Waals surface area contributed by atoms with Gasteiger partial charge in [0, 0.05) is 13.1 Å². The fourth-order valence-electron chi connectivity index (χ4n) is 2.63. The molecule has 4 nitrogen and oxygen atoms in total. The zero-order valence-corrected chi connectivity index (χ0v) is 12.7. The molecule has 0 radical (unpaired) electrons. The van der Waals surface area contributed by atoms with E-state index in [9.17, 15) is 10.1 Å². The lowest BCUT2D eigenvalue weighted by Gasteiger charge is -2.31. The van der Waals surface area contributed by atoms with E-state index in [1.54, 1.807) is 7.11 Å². The van der Waals surface area contributed by atoms with Crippen LogP contribution in [0.2, 0.25) is 0 Å². The number of methoxy groups -OCH3 is 1. The average molecular weight is 286 g/mol. The van der Waals surface area contributed by atoms with Crippen LogP contribution >= 0.6 is 0 Å². The molecule has 112 valence electrons. The summed E-state index contributed by atoms with van der Waals surface area (Å²) < 4.78 is 5.11. The van der Waals surface area contributed by atoms with Crippen molar-refractivity contribution in [2.24, 2.45) is 11.8 Å². The number of hydrogen-bond donors (Lipinski definition) is 0. The van der Waals surface area contributed by atoms with Gasteiger partial charge >= 0.3 is 0 Å². The van der Waals surface area contributed by atoms with Gasteiger partial charge in [-0.05, 0) is 42.9 Å². The van der Waals surface area contributed by atoms with E-state index in [0.717, 1.165) is 37.2 Å². The van der Waals surface area contributed by atoms with Crippen LogP contribution < -0.4 is 4.74 Å². The first-order valence-electron chi connectivity index (χ1n) is 7.45. The molecule has 1 amide bonds. The predicted octanol–water partition coefficient (Wildman–Crippen LogP) is 2.64. The summed E-state index contributed by atoms with van der Waals surface area (Å²) in [5, 5.41) is 9.32. The van der Waals surface area contributed by atoms with Gasteiger partial charge in [0.05, 0.1) is 13.2 Å². The Hall–Kier alpha value is -2.02. The predicted molar refractivity (Wildman–Crippen MR) is 80.8 cm³/mol. The van der Waals surface area contributed by atoms with Crippen molar-refractivity contribution >= 4 is 5.91 Å². The van der Waals surface area contributed by atoms with Gasteiger partial charge in [0.1, 0.15) is 11.7 Å². The third-order valence-corrected chi connectivity index (χ3v) is 4.15.